The van der Waals surface area contributed by atoms with Crippen molar-refractivity contribution < 1.29 is 14.3 Å². The molecule has 1 aromatic heterocycles. The predicted octanol–water partition coefficient (Wildman–Crippen LogP) is 5.20. The number of nitrogens with zero attached hydrogens (tertiary/aromatic N) is 4. The van der Waals surface area contributed by atoms with Crippen LogP contribution >= 0.6 is 0 Å². The SMILES string of the molecule is O=C1O[C@H](COC(c2ccccc2)(c2ccccc2)c2ccccc2)[C@H]2Cn3nncc3CCCCCN12. The van der Waals surface area contributed by atoms with Gasteiger partial charge in [-0.2, -0.15) is 0 Å². The van der Waals surface area contributed by atoms with Gasteiger partial charge in [-0.25, -0.2) is 9.48 Å². The van der Waals surface area contributed by atoms with Gasteiger partial charge in [0.1, 0.15) is 11.7 Å². The summed E-state index contributed by atoms with van der Waals surface area (Å²) in [5, 5.41) is 8.48. The number of rotatable bonds is 6. The maximum atomic E-state index is 13.1. The van der Waals surface area contributed by atoms with Crippen LogP contribution in [0.15, 0.2) is 97.2 Å². The molecule has 0 unspecified atom stereocenters. The van der Waals surface area contributed by atoms with Gasteiger partial charge < -0.3 is 9.47 Å². The largest absolute Gasteiger partial charge is 0.441 e. The van der Waals surface area contributed by atoms with Crippen molar-refractivity contribution in [3.05, 3.63) is 120 Å². The van der Waals surface area contributed by atoms with Crippen LogP contribution in [0.1, 0.15) is 41.6 Å². The molecule has 38 heavy (non-hydrogen) atoms. The molecule has 2 aliphatic heterocycles. The number of fused-ring (bicyclic) bond motifs is 2. The van der Waals surface area contributed by atoms with Gasteiger partial charge in [0.25, 0.3) is 0 Å². The number of aryl methyl sites for hydroxylation is 1. The Labute approximate surface area is 223 Å². The monoisotopic (exact) mass is 508 g/mol. The van der Waals surface area contributed by atoms with Gasteiger partial charge in [0.15, 0.2) is 0 Å². The molecule has 0 spiro atoms. The van der Waals surface area contributed by atoms with Gasteiger partial charge in [0.2, 0.25) is 0 Å². The number of amides is 1. The van der Waals surface area contributed by atoms with Gasteiger partial charge in [0.05, 0.1) is 31.1 Å². The van der Waals surface area contributed by atoms with E-state index in [1.165, 1.54) is 0 Å². The molecule has 0 aliphatic carbocycles. The Morgan fingerprint density at radius 1 is 0.842 bits per heavy atom. The Hall–Kier alpha value is -3.97. The summed E-state index contributed by atoms with van der Waals surface area (Å²) in [6.07, 6.45) is 5.09. The topological polar surface area (TPSA) is 69.5 Å². The van der Waals surface area contributed by atoms with E-state index in [4.69, 9.17) is 9.47 Å². The van der Waals surface area contributed by atoms with E-state index in [1.807, 2.05) is 70.4 Å². The summed E-state index contributed by atoms with van der Waals surface area (Å²) >= 11 is 0. The Bertz CT molecular complexity index is 1250. The highest BCUT2D eigenvalue weighted by Crippen LogP contribution is 2.41. The van der Waals surface area contributed by atoms with E-state index in [0.717, 1.165) is 48.1 Å². The molecular formula is C31H32N4O3. The van der Waals surface area contributed by atoms with Crippen molar-refractivity contribution in [2.24, 2.45) is 0 Å². The molecule has 194 valence electrons. The van der Waals surface area contributed by atoms with Gasteiger partial charge in [-0.1, -0.05) is 103 Å². The highest BCUT2D eigenvalue weighted by molar-refractivity contribution is 5.70. The van der Waals surface area contributed by atoms with Crippen LogP contribution < -0.4 is 0 Å². The summed E-state index contributed by atoms with van der Waals surface area (Å²) in [6, 6.07) is 30.6. The maximum Gasteiger partial charge on any atom is 0.410 e. The van der Waals surface area contributed by atoms with Crippen molar-refractivity contribution >= 4 is 6.09 Å². The second-order valence-corrected chi connectivity index (χ2v) is 9.99. The third-order valence-electron chi connectivity index (χ3n) is 7.71. The molecule has 4 aromatic rings. The van der Waals surface area contributed by atoms with E-state index in [-0.39, 0.29) is 18.7 Å². The number of ether oxygens (including phenoxy) is 2. The average Bonchev–Trinajstić information content (AvgIpc) is 3.54. The summed E-state index contributed by atoms with van der Waals surface area (Å²) in [4.78, 5) is 14.9. The summed E-state index contributed by atoms with van der Waals surface area (Å²) in [5.74, 6) is 0. The molecule has 1 fully saturated rings. The van der Waals surface area contributed by atoms with E-state index >= 15 is 0 Å². The number of hydrogen-bond donors (Lipinski definition) is 0. The van der Waals surface area contributed by atoms with E-state index in [1.54, 1.807) is 0 Å². The van der Waals surface area contributed by atoms with Crippen molar-refractivity contribution in [3.63, 3.8) is 0 Å². The lowest BCUT2D eigenvalue weighted by molar-refractivity contribution is -0.0392. The van der Waals surface area contributed by atoms with Crippen molar-refractivity contribution in [2.75, 3.05) is 13.2 Å². The molecule has 1 amide bonds. The van der Waals surface area contributed by atoms with Gasteiger partial charge in [-0.05, 0) is 36.0 Å². The quantitative estimate of drug-likeness (QED) is 0.335. The summed E-state index contributed by atoms with van der Waals surface area (Å²) < 4.78 is 14.9. The highest BCUT2D eigenvalue weighted by Gasteiger charge is 2.45. The average molecular weight is 509 g/mol. The van der Waals surface area contributed by atoms with Crippen LogP contribution in [-0.2, 0) is 28.0 Å². The number of benzene rings is 3. The van der Waals surface area contributed by atoms with Gasteiger partial charge in [0, 0.05) is 6.54 Å². The summed E-state index contributed by atoms with van der Waals surface area (Å²) in [5.41, 5.74) is 3.27. The lowest BCUT2D eigenvalue weighted by atomic mass is 9.80. The van der Waals surface area contributed by atoms with E-state index < -0.39 is 11.7 Å². The molecule has 0 N–H and O–H groups in total. The number of cyclic esters (lactones) is 1. The molecule has 2 aliphatic rings. The van der Waals surface area contributed by atoms with E-state index in [9.17, 15) is 4.79 Å². The van der Waals surface area contributed by atoms with Crippen LogP contribution in [0.3, 0.4) is 0 Å². The molecule has 3 heterocycles. The fourth-order valence-electron chi connectivity index (χ4n) is 5.77. The molecule has 0 radical (unpaired) electrons. The number of carbonyl (C=O) groups excluding carboxylic acids is 1. The predicted molar refractivity (Wildman–Crippen MR) is 143 cm³/mol. The second kappa shape index (κ2) is 10.8. The molecule has 2 atom stereocenters. The Morgan fingerprint density at radius 2 is 1.45 bits per heavy atom. The third-order valence-corrected chi connectivity index (χ3v) is 7.71. The highest BCUT2D eigenvalue weighted by atomic mass is 16.6. The normalized spacial score (nSPS) is 19.9. The summed E-state index contributed by atoms with van der Waals surface area (Å²) in [7, 11) is 0. The van der Waals surface area contributed by atoms with E-state index in [0.29, 0.717) is 13.1 Å². The lowest BCUT2D eigenvalue weighted by Gasteiger charge is -2.37. The minimum atomic E-state index is -0.877. The smallest absolute Gasteiger partial charge is 0.410 e. The first-order valence-corrected chi connectivity index (χ1v) is 13.4. The van der Waals surface area contributed by atoms with Crippen LogP contribution in [0.2, 0.25) is 0 Å². The molecule has 7 nitrogen and oxygen atoms in total. The number of aromatic nitrogens is 3. The Morgan fingerprint density at radius 3 is 2.05 bits per heavy atom. The Kier molecular flexibility index (Phi) is 6.92. The van der Waals surface area contributed by atoms with Crippen molar-refractivity contribution in [2.45, 2.75) is 50.0 Å². The molecule has 7 heteroatoms. The Balaban J connectivity index is 1.38. The van der Waals surface area contributed by atoms with Crippen molar-refractivity contribution in [1.82, 2.24) is 19.9 Å². The maximum absolute atomic E-state index is 13.1. The van der Waals surface area contributed by atoms with Crippen LogP contribution in [0.5, 0.6) is 0 Å². The van der Waals surface area contributed by atoms with Crippen LogP contribution in [0, 0.1) is 0 Å². The zero-order valence-electron chi connectivity index (χ0n) is 21.4. The first kappa shape index (κ1) is 24.4. The number of carbonyl (C=O) groups is 1. The molecule has 1 saturated heterocycles. The first-order chi connectivity index (χ1) is 18.8. The minimum Gasteiger partial charge on any atom is -0.441 e. The van der Waals surface area contributed by atoms with E-state index in [2.05, 4.69) is 46.7 Å². The number of hydrogen-bond acceptors (Lipinski definition) is 5. The van der Waals surface area contributed by atoms with Crippen molar-refractivity contribution in [1.29, 1.82) is 0 Å². The van der Waals surface area contributed by atoms with Gasteiger partial charge in [-0.15, -0.1) is 5.10 Å². The fourth-order valence-corrected chi connectivity index (χ4v) is 5.77. The standard InChI is InChI=1S/C31H32N4O3/c36-30-34-20-12-4-11-19-27-21-32-33-35(27)22-28(34)29(38-30)23-37-31(24-13-5-1-6-14-24,25-15-7-2-8-16-25)26-17-9-3-10-18-26/h1-3,5-10,13-18,21,28-29H,4,11-12,19-20,22-23H2/t28-,29-/m1/s1. The van der Waals surface area contributed by atoms with Crippen LogP contribution in [0.25, 0.3) is 0 Å². The lowest BCUT2D eigenvalue weighted by Crippen LogP contribution is -2.44. The first-order valence-electron chi connectivity index (χ1n) is 13.4. The van der Waals surface area contributed by atoms with Gasteiger partial charge >= 0.3 is 6.09 Å². The zero-order chi connectivity index (χ0) is 25.8. The fraction of sp³-hybridized carbons (Fsp3) is 0.323. The molecule has 6 rings (SSSR count). The molecule has 3 aromatic carbocycles. The summed E-state index contributed by atoms with van der Waals surface area (Å²) in [6.45, 7) is 1.44. The third kappa shape index (κ3) is 4.58. The van der Waals surface area contributed by atoms with Crippen LogP contribution in [0.4, 0.5) is 4.79 Å². The second-order valence-electron chi connectivity index (χ2n) is 9.99. The van der Waals surface area contributed by atoms with Crippen LogP contribution in [-0.4, -0.2) is 51.3 Å². The van der Waals surface area contributed by atoms with Gasteiger partial charge in [-0.3, -0.25) is 4.90 Å². The minimum absolute atomic E-state index is 0.193. The zero-order valence-corrected chi connectivity index (χ0v) is 21.4. The van der Waals surface area contributed by atoms with Crippen molar-refractivity contribution in [3.8, 4) is 0 Å². The molecule has 0 bridgehead atoms. The molecular weight excluding hydrogens is 476 g/mol. The molecule has 0 saturated carbocycles.